The molecule has 0 N–H and O–H groups in total. The van der Waals surface area contributed by atoms with Crippen LogP contribution in [0.5, 0.6) is 0 Å². The first-order valence-corrected chi connectivity index (χ1v) is 11.2. The topological polar surface area (TPSA) is 3.24 Å². The van der Waals surface area contributed by atoms with Crippen LogP contribution in [0.3, 0.4) is 0 Å². The van der Waals surface area contributed by atoms with E-state index in [2.05, 4.69) is 0 Å². The van der Waals surface area contributed by atoms with Gasteiger partial charge in [-0.1, -0.05) is 36.4 Å². The van der Waals surface area contributed by atoms with Crippen molar-refractivity contribution in [3.63, 3.8) is 0 Å². The van der Waals surface area contributed by atoms with E-state index in [1.807, 2.05) is 60.2 Å². The molecule has 5 heteroatoms. The standard InChI is InChI=1S/C25H20F3NP/c1-29(22-11-3-2-4-12-22)30(23-13-5-8-19(26)16-23,24-14-6-9-20(27)17-24)25-15-7-10-21(28)18-25/h2-18H,1H3/q+1. The number of hydrogen-bond acceptors (Lipinski definition) is 1. The molecule has 30 heavy (non-hydrogen) atoms. The molecule has 4 aromatic carbocycles. The predicted molar refractivity (Wildman–Crippen MR) is 120 cm³/mol. The fraction of sp³-hybridized carbons (Fsp3) is 0.0400. The Balaban J connectivity index is 2.13. The maximum absolute atomic E-state index is 14.4. The quantitative estimate of drug-likeness (QED) is 0.387. The molecule has 0 aliphatic carbocycles. The summed E-state index contributed by atoms with van der Waals surface area (Å²) in [5, 5.41) is 2.01. The van der Waals surface area contributed by atoms with Gasteiger partial charge in [-0.05, 0) is 48.5 Å². The maximum atomic E-state index is 14.4. The van der Waals surface area contributed by atoms with Crippen LogP contribution < -0.4 is 20.6 Å². The molecule has 0 spiro atoms. The fourth-order valence-electron chi connectivity index (χ4n) is 3.82. The number of para-hydroxylation sites is 1. The normalized spacial score (nSPS) is 11.3. The minimum atomic E-state index is -2.83. The van der Waals surface area contributed by atoms with E-state index in [0.29, 0.717) is 15.9 Å². The smallest absolute Gasteiger partial charge is 0.202 e. The predicted octanol–water partition coefficient (Wildman–Crippen LogP) is 5.45. The van der Waals surface area contributed by atoms with E-state index < -0.39 is 24.9 Å². The van der Waals surface area contributed by atoms with Gasteiger partial charge in [0.15, 0.2) is 0 Å². The molecular formula is C25H20F3NP+. The van der Waals surface area contributed by atoms with E-state index in [9.17, 15) is 13.2 Å². The average Bonchev–Trinajstić information content (AvgIpc) is 2.75. The van der Waals surface area contributed by atoms with Gasteiger partial charge in [0.1, 0.15) is 33.4 Å². The first-order valence-electron chi connectivity index (χ1n) is 9.48. The molecular weight excluding hydrogens is 402 g/mol. The summed E-state index contributed by atoms with van der Waals surface area (Å²) in [5.41, 5.74) is 0.864. The van der Waals surface area contributed by atoms with Crippen molar-refractivity contribution >= 4 is 29.0 Å². The van der Waals surface area contributed by atoms with Crippen molar-refractivity contribution in [2.45, 2.75) is 0 Å². The maximum Gasteiger partial charge on any atom is 0.202 e. The van der Waals surface area contributed by atoms with E-state index in [-0.39, 0.29) is 0 Å². The average molecular weight is 422 g/mol. The van der Waals surface area contributed by atoms with E-state index in [1.54, 1.807) is 18.2 Å². The number of rotatable bonds is 5. The lowest BCUT2D eigenvalue weighted by molar-refractivity contribution is 0.629. The lowest BCUT2D eigenvalue weighted by Crippen LogP contribution is -2.42. The zero-order valence-corrected chi connectivity index (χ0v) is 17.2. The van der Waals surface area contributed by atoms with Crippen molar-refractivity contribution in [3.8, 4) is 0 Å². The largest absolute Gasteiger partial charge is 0.237 e. The van der Waals surface area contributed by atoms with Crippen LogP contribution >= 0.6 is 7.41 Å². The lowest BCUT2D eigenvalue weighted by atomic mass is 10.3. The van der Waals surface area contributed by atoms with Crippen molar-refractivity contribution in [3.05, 3.63) is 121 Å². The number of benzene rings is 4. The molecule has 0 fully saturated rings. The van der Waals surface area contributed by atoms with Crippen LogP contribution in [0.2, 0.25) is 0 Å². The second kappa shape index (κ2) is 8.33. The number of halogens is 3. The van der Waals surface area contributed by atoms with Crippen LogP contribution in [-0.4, -0.2) is 7.05 Å². The molecule has 0 heterocycles. The van der Waals surface area contributed by atoms with Crippen LogP contribution in [0.4, 0.5) is 18.9 Å². The van der Waals surface area contributed by atoms with Gasteiger partial charge >= 0.3 is 0 Å². The molecule has 0 saturated heterocycles. The van der Waals surface area contributed by atoms with E-state index in [4.69, 9.17) is 0 Å². The van der Waals surface area contributed by atoms with Crippen molar-refractivity contribution in [1.82, 2.24) is 0 Å². The minimum Gasteiger partial charge on any atom is -0.237 e. The third-order valence-corrected chi connectivity index (χ3v) is 9.33. The highest BCUT2D eigenvalue weighted by molar-refractivity contribution is 7.96. The van der Waals surface area contributed by atoms with Crippen molar-refractivity contribution in [2.24, 2.45) is 0 Å². The van der Waals surface area contributed by atoms with Gasteiger partial charge in [0.25, 0.3) is 0 Å². The molecule has 4 aromatic rings. The lowest BCUT2D eigenvalue weighted by Gasteiger charge is -2.35. The highest BCUT2D eigenvalue weighted by Crippen LogP contribution is 2.59. The second-order valence-corrected chi connectivity index (χ2v) is 10.4. The first-order chi connectivity index (χ1) is 14.5. The molecule has 4 rings (SSSR count). The number of hydrogen-bond donors (Lipinski definition) is 0. The second-order valence-electron chi connectivity index (χ2n) is 6.93. The Morgan fingerprint density at radius 1 is 0.533 bits per heavy atom. The summed E-state index contributed by atoms with van der Waals surface area (Å²) in [5.74, 6) is -1.19. The van der Waals surface area contributed by atoms with Crippen LogP contribution in [0.25, 0.3) is 0 Å². The third-order valence-electron chi connectivity index (χ3n) is 5.13. The molecule has 0 aliphatic rings. The SMILES string of the molecule is CN(c1ccccc1)[P+](c1cccc(F)c1)(c1cccc(F)c1)c1cccc(F)c1. The Bertz CT molecular complexity index is 1050. The summed E-state index contributed by atoms with van der Waals surface area (Å²) in [7, 11) is -0.941. The summed E-state index contributed by atoms with van der Waals surface area (Å²) in [6.07, 6.45) is 0. The molecule has 0 aliphatic heterocycles. The Labute approximate surface area is 174 Å². The molecule has 0 radical (unpaired) electrons. The Morgan fingerprint density at radius 3 is 1.30 bits per heavy atom. The molecule has 0 bridgehead atoms. The van der Waals surface area contributed by atoms with E-state index in [0.717, 1.165) is 5.69 Å². The molecule has 150 valence electrons. The van der Waals surface area contributed by atoms with Gasteiger partial charge in [0.2, 0.25) is 7.41 Å². The van der Waals surface area contributed by atoms with E-state index >= 15 is 0 Å². The zero-order valence-electron chi connectivity index (χ0n) is 16.3. The van der Waals surface area contributed by atoms with Crippen LogP contribution in [0, 0.1) is 17.5 Å². The number of nitrogens with zero attached hydrogens (tertiary/aromatic N) is 1. The first kappa shape index (κ1) is 20.2. The van der Waals surface area contributed by atoms with Gasteiger partial charge in [-0.15, -0.1) is 0 Å². The van der Waals surface area contributed by atoms with Gasteiger partial charge < -0.3 is 0 Å². The van der Waals surface area contributed by atoms with Gasteiger partial charge in [-0.25, -0.2) is 17.8 Å². The molecule has 0 aromatic heterocycles. The number of anilines is 1. The van der Waals surface area contributed by atoms with Crippen LogP contribution in [0.1, 0.15) is 0 Å². The van der Waals surface area contributed by atoms with Crippen LogP contribution in [-0.2, 0) is 0 Å². The summed E-state index contributed by atoms with van der Waals surface area (Å²) in [6.45, 7) is 0. The fourth-order valence-corrected chi connectivity index (χ4v) is 8.07. The highest BCUT2D eigenvalue weighted by atomic mass is 31.2. The highest BCUT2D eigenvalue weighted by Gasteiger charge is 2.51. The monoisotopic (exact) mass is 422 g/mol. The Kier molecular flexibility index (Phi) is 5.61. The molecule has 0 unspecified atom stereocenters. The zero-order chi connectivity index (χ0) is 21.1. The summed E-state index contributed by atoms with van der Waals surface area (Å²) < 4.78 is 45.2. The van der Waals surface area contributed by atoms with Gasteiger partial charge in [-0.2, -0.15) is 0 Å². The molecule has 0 saturated carbocycles. The van der Waals surface area contributed by atoms with Crippen LogP contribution in [0.15, 0.2) is 103 Å². The van der Waals surface area contributed by atoms with Crippen molar-refractivity contribution < 1.29 is 13.2 Å². The van der Waals surface area contributed by atoms with E-state index in [1.165, 1.54) is 36.4 Å². The minimum absolute atomic E-state index is 0.397. The van der Waals surface area contributed by atoms with Gasteiger partial charge in [0, 0.05) is 25.2 Å². The summed E-state index contributed by atoms with van der Waals surface area (Å²) >= 11 is 0. The van der Waals surface area contributed by atoms with Gasteiger partial charge in [-0.3, -0.25) is 0 Å². The van der Waals surface area contributed by atoms with Crippen molar-refractivity contribution in [2.75, 3.05) is 11.7 Å². The molecule has 1 nitrogen and oxygen atoms in total. The molecule has 0 amide bonds. The Morgan fingerprint density at radius 2 is 0.933 bits per heavy atom. The van der Waals surface area contributed by atoms with Gasteiger partial charge in [0.05, 0.1) is 5.69 Å². The summed E-state index contributed by atoms with van der Waals surface area (Å²) in [4.78, 5) is 0. The van der Waals surface area contributed by atoms with Crippen molar-refractivity contribution in [1.29, 1.82) is 0 Å². The molecule has 0 atom stereocenters. The third kappa shape index (κ3) is 3.59. The summed E-state index contributed by atoms with van der Waals surface area (Å²) in [6, 6.07) is 28.5. The Hall–Kier alpha value is -3.10.